The van der Waals surface area contributed by atoms with Gasteiger partial charge < -0.3 is 19.9 Å². The van der Waals surface area contributed by atoms with Crippen LogP contribution in [0, 0.1) is 0 Å². The van der Waals surface area contributed by atoms with E-state index in [9.17, 15) is 4.79 Å². The van der Waals surface area contributed by atoms with Gasteiger partial charge in [0, 0.05) is 13.1 Å². The third-order valence-corrected chi connectivity index (χ3v) is 3.43. The van der Waals surface area contributed by atoms with Gasteiger partial charge in [-0.3, -0.25) is 4.79 Å². The average Bonchev–Trinajstić information content (AvgIpc) is 2.39. The van der Waals surface area contributed by atoms with Gasteiger partial charge >= 0.3 is 5.97 Å². The molecule has 0 aromatic heterocycles. The van der Waals surface area contributed by atoms with Crippen molar-refractivity contribution in [2.45, 2.75) is 38.6 Å². The van der Waals surface area contributed by atoms with E-state index in [0.717, 1.165) is 24.2 Å². The van der Waals surface area contributed by atoms with E-state index in [1.54, 1.807) is 0 Å². The van der Waals surface area contributed by atoms with Crippen LogP contribution >= 0.6 is 0 Å². The van der Waals surface area contributed by atoms with Gasteiger partial charge in [0.15, 0.2) is 0 Å². The number of hydrogen-bond acceptors (Lipinski definition) is 4. The number of ether oxygens (including phenoxy) is 2. The normalized spacial score (nSPS) is 21.1. The first kappa shape index (κ1) is 15.9. The molecule has 0 bridgehead atoms. The van der Waals surface area contributed by atoms with Gasteiger partial charge in [-0.15, -0.1) is 0 Å². The van der Waals surface area contributed by atoms with Crippen molar-refractivity contribution in [1.82, 2.24) is 5.32 Å². The molecule has 0 saturated carbocycles. The molecule has 1 unspecified atom stereocenters. The summed E-state index contributed by atoms with van der Waals surface area (Å²) in [6, 6.07) is 7.47. The first-order chi connectivity index (χ1) is 9.96. The van der Waals surface area contributed by atoms with E-state index >= 15 is 0 Å². The molecule has 1 atom stereocenters. The molecular formula is C16H23NO4. The highest BCUT2D eigenvalue weighted by molar-refractivity contribution is 5.70. The van der Waals surface area contributed by atoms with E-state index in [0.29, 0.717) is 13.2 Å². The summed E-state index contributed by atoms with van der Waals surface area (Å²) in [6.45, 7) is 6.62. The summed E-state index contributed by atoms with van der Waals surface area (Å²) in [6.07, 6.45) is 0.0500. The summed E-state index contributed by atoms with van der Waals surface area (Å²) in [5.41, 5.74) is 1.55. The van der Waals surface area contributed by atoms with E-state index < -0.39 is 5.97 Å². The maximum atomic E-state index is 10.8. The molecule has 1 heterocycles. The van der Waals surface area contributed by atoms with Gasteiger partial charge in [0.1, 0.15) is 0 Å². The minimum absolute atomic E-state index is 0.0219. The molecule has 2 rings (SSSR count). The van der Waals surface area contributed by atoms with Gasteiger partial charge in [-0.1, -0.05) is 24.3 Å². The van der Waals surface area contributed by atoms with Crippen LogP contribution in [0.15, 0.2) is 24.3 Å². The largest absolute Gasteiger partial charge is 0.481 e. The fraction of sp³-hybridized carbons (Fsp3) is 0.562. The Labute approximate surface area is 125 Å². The second-order valence-corrected chi connectivity index (χ2v) is 5.98. The molecular weight excluding hydrogens is 270 g/mol. The fourth-order valence-corrected chi connectivity index (χ4v) is 2.50. The molecule has 0 radical (unpaired) electrons. The Hall–Kier alpha value is -1.43. The van der Waals surface area contributed by atoms with Crippen LogP contribution in [0.25, 0.3) is 0 Å². The smallest absolute Gasteiger partial charge is 0.307 e. The molecule has 1 aromatic carbocycles. The van der Waals surface area contributed by atoms with Gasteiger partial charge in [0.25, 0.3) is 0 Å². The van der Waals surface area contributed by atoms with Crippen molar-refractivity contribution in [3.8, 4) is 0 Å². The van der Waals surface area contributed by atoms with E-state index in [1.165, 1.54) is 0 Å². The highest BCUT2D eigenvalue weighted by Gasteiger charge is 2.28. The zero-order valence-electron chi connectivity index (χ0n) is 12.6. The standard InChI is InChI=1S/C16H23NO4/c1-16(2)11-17-8-14(21-16)10-20-9-13-6-4-3-5-12(13)7-15(18)19/h3-6,14,17H,7-11H2,1-2H3,(H,18,19). The lowest BCUT2D eigenvalue weighted by Crippen LogP contribution is -2.51. The van der Waals surface area contributed by atoms with E-state index in [2.05, 4.69) is 5.32 Å². The summed E-state index contributed by atoms with van der Waals surface area (Å²) in [5, 5.41) is 12.2. The second-order valence-electron chi connectivity index (χ2n) is 5.98. The van der Waals surface area contributed by atoms with Crippen LogP contribution in [0.1, 0.15) is 25.0 Å². The van der Waals surface area contributed by atoms with Crippen molar-refractivity contribution in [1.29, 1.82) is 0 Å². The maximum Gasteiger partial charge on any atom is 0.307 e. The lowest BCUT2D eigenvalue weighted by Gasteiger charge is -2.36. The predicted octanol–water partition coefficient (Wildman–Crippen LogP) is 1.60. The van der Waals surface area contributed by atoms with Gasteiger partial charge in [-0.25, -0.2) is 0 Å². The number of nitrogens with one attached hydrogen (secondary N) is 1. The molecule has 0 spiro atoms. The van der Waals surface area contributed by atoms with E-state index in [4.69, 9.17) is 14.6 Å². The third-order valence-electron chi connectivity index (χ3n) is 3.43. The minimum atomic E-state index is -0.830. The maximum absolute atomic E-state index is 10.8. The zero-order valence-corrected chi connectivity index (χ0v) is 12.6. The molecule has 21 heavy (non-hydrogen) atoms. The number of morpholine rings is 1. The Morgan fingerprint density at radius 2 is 2.14 bits per heavy atom. The van der Waals surface area contributed by atoms with Crippen LogP contribution in [0.3, 0.4) is 0 Å². The zero-order chi connectivity index (χ0) is 15.3. The van der Waals surface area contributed by atoms with Crippen molar-refractivity contribution in [2.75, 3.05) is 19.7 Å². The summed E-state index contributed by atoms with van der Waals surface area (Å²) in [4.78, 5) is 10.8. The number of carbonyl (C=O) groups is 1. The molecule has 1 aliphatic rings. The van der Waals surface area contributed by atoms with Crippen LogP contribution in [0.4, 0.5) is 0 Å². The van der Waals surface area contributed by atoms with Crippen molar-refractivity contribution in [3.05, 3.63) is 35.4 Å². The van der Waals surface area contributed by atoms with Crippen LogP contribution in [0.2, 0.25) is 0 Å². The Morgan fingerprint density at radius 1 is 1.43 bits per heavy atom. The highest BCUT2D eigenvalue weighted by Crippen LogP contribution is 2.16. The van der Waals surface area contributed by atoms with Crippen molar-refractivity contribution in [2.24, 2.45) is 0 Å². The Kier molecular flexibility index (Phi) is 5.33. The number of rotatable bonds is 6. The molecule has 5 heteroatoms. The predicted molar refractivity (Wildman–Crippen MR) is 79.3 cm³/mol. The molecule has 1 saturated heterocycles. The lowest BCUT2D eigenvalue weighted by atomic mass is 10.1. The van der Waals surface area contributed by atoms with Crippen LogP contribution in [-0.2, 0) is 27.3 Å². The Bertz CT molecular complexity index is 487. The average molecular weight is 293 g/mol. The second kappa shape index (κ2) is 7.02. The van der Waals surface area contributed by atoms with Crippen molar-refractivity contribution in [3.63, 3.8) is 0 Å². The quantitative estimate of drug-likeness (QED) is 0.834. The number of carboxylic acids is 1. The fourth-order valence-electron chi connectivity index (χ4n) is 2.50. The minimum Gasteiger partial charge on any atom is -0.481 e. The Morgan fingerprint density at radius 3 is 2.81 bits per heavy atom. The molecule has 5 nitrogen and oxygen atoms in total. The molecule has 1 aliphatic heterocycles. The Balaban J connectivity index is 1.84. The van der Waals surface area contributed by atoms with E-state index in [1.807, 2.05) is 38.1 Å². The van der Waals surface area contributed by atoms with Crippen LogP contribution in [0.5, 0.6) is 0 Å². The number of carboxylic acid groups (broad SMARTS) is 1. The molecule has 2 N–H and O–H groups in total. The van der Waals surface area contributed by atoms with E-state index in [-0.39, 0.29) is 18.1 Å². The van der Waals surface area contributed by atoms with Gasteiger partial charge in [-0.05, 0) is 25.0 Å². The molecule has 1 fully saturated rings. The first-order valence-corrected chi connectivity index (χ1v) is 7.21. The summed E-state index contributed by atoms with van der Waals surface area (Å²) < 4.78 is 11.6. The van der Waals surface area contributed by atoms with Gasteiger partial charge in [0.2, 0.25) is 0 Å². The van der Waals surface area contributed by atoms with Crippen molar-refractivity contribution >= 4 is 5.97 Å². The van der Waals surface area contributed by atoms with Crippen molar-refractivity contribution < 1.29 is 19.4 Å². The first-order valence-electron chi connectivity index (χ1n) is 7.21. The summed E-state index contributed by atoms with van der Waals surface area (Å²) in [5.74, 6) is -0.830. The molecule has 0 amide bonds. The summed E-state index contributed by atoms with van der Waals surface area (Å²) >= 11 is 0. The summed E-state index contributed by atoms with van der Waals surface area (Å²) in [7, 11) is 0. The SMILES string of the molecule is CC1(C)CNCC(COCc2ccccc2CC(=O)O)O1. The van der Waals surface area contributed by atoms with Gasteiger partial charge in [-0.2, -0.15) is 0 Å². The van der Waals surface area contributed by atoms with Crippen LogP contribution in [-0.4, -0.2) is 42.5 Å². The highest BCUT2D eigenvalue weighted by atomic mass is 16.5. The van der Waals surface area contributed by atoms with Crippen LogP contribution < -0.4 is 5.32 Å². The number of aliphatic carboxylic acids is 1. The monoisotopic (exact) mass is 293 g/mol. The topological polar surface area (TPSA) is 67.8 Å². The number of hydrogen-bond donors (Lipinski definition) is 2. The number of benzene rings is 1. The molecule has 0 aliphatic carbocycles. The molecule has 116 valence electrons. The van der Waals surface area contributed by atoms with Gasteiger partial charge in [0.05, 0.1) is 31.3 Å². The molecule has 1 aromatic rings. The lowest BCUT2D eigenvalue weighted by molar-refractivity contribution is -0.136. The third kappa shape index (κ3) is 5.12.